The molecule has 0 radical (unpaired) electrons. The molecule has 0 bridgehead atoms. The zero-order valence-electron chi connectivity index (χ0n) is 16.0. The lowest BCUT2D eigenvalue weighted by Gasteiger charge is -2.22. The highest BCUT2D eigenvalue weighted by atomic mass is 16.5. The van der Waals surface area contributed by atoms with E-state index in [0.717, 1.165) is 35.7 Å². The van der Waals surface area contributed by atoms with Crippen molar-refractivity contribution in [2.45, 2.75) is 20.8 Å². The van der Waals surface area contributed by atoms with Gasteiger partial charge in [-0.1, -0.05) is 0 Å². The predicted molar refractivity (Wildman–Crippen MR) is 107 cm³/mol. The van der Waals surface area contributed by atoms with E-state index in [2.05, 4.69) is 40.4 Å². The van der Waals surface area contributed by atoms with Crippen LogP contribution in [0.25, 0.3) is 0 Å². The number of carbonyl (C=O) groups is 1. The number of carbonyl (C=O) groups excluding carboxylic acids is 1. The number of aryl methyl sites for hydroxylation is 1. The quantitative estimate of drug-likeness (QED) is 0.673. The maximum Gasteiger partial charge on any atom is 0.274 e. The number of hydrogen-bond acceptors (Lipinski definition) is 5. The summed E-state index contributed by atoms with van der Waals surface area (Å²) in [6, 6.07) is 9.65. The fraction of sp³-hybridized carbons (Fsp3) is 0.400. The van der Waals surface area contributed by atoms with E-state index in [9.17, 15) is 4.79 Å². The zero-order chi connectivity index (χ0) is 18.9. The summed E-state index contributed by atoms with van der Waals surface area (Å²) >= 11 is 0. The Morgan fingerprint density at radius 1 is 1.19 bits per heavy atom. The molecule has 2 N–H and O–H groups in total. The topological polar surface area (TPSA) is 66.5 Å². The van der Waals surface area contributed by atoms with Crippen molar-refractivity contribution in [3.05, 3.63) is 47.8 Å². The highest BCUT2D eigenvalue weighted by Crippen LogP contribution is 2.23. The number of pyridine rings is 1. The number of nitrogens with zero attached hydrogens (tertiary/aromatic N) is 2. The first-order chi connectivity index (χ1) is 12.6. The van der Waals surface area contributed by atoms with Gasteiger partial charge in [0.15, 0.2) is 0 Å². The third-order valence-corrected chi connectivity index (χ3v) is 4.21. The highest BCUT2D eigenvalue weighted by Gasteiger charge is 2.11. The van der Waals surface area contributed by atoms with Crippen molar-refractivity contribution in [3.63, 3.8) is 0 Å². The van der Waals surface area contributed by atoms with Gasteiger partial charge in [0.2, 0.25) is 0 Å². The van der Waals surface area contributed by atoms with Gasteiger partial charge >= 0.3 is 0 Å². The van der Waals surface area contributed by atoms with Crippen molar-refractivity contribution in [2.75, 3.05) is 48.9 Å². The van der Waals surface area contributed by atoms with Crippen LogP contribution in [0.1, 0.15) is 29.9 Å². The molecule has 2 rings (SSSR count). The number of ether oxygens (including phenoxy) is 1. The molecule has 2 aromatic rings. The van der Waals surface area contributed by atoms with E-state index in [4.69, 9.17) is 4.74 Å². The molecule has 0 atom stereocenters. The number of nitrogens with one attached hydrogen (secondary N) is 2. The van der Waals surface area contributed by atoms with E-state index in [1.54, 1.807) is 19.4 Å². The molecule has 0 aliphatic rings. The van der Waals surface area contributed by atoms with E-state index in [1.165, 1.54) is 0 Å². The minimum atomic E-state index is -0.223. The maximum atomic E-state index is 12.5. The van der Waals surface area contributed by atoms with Crippen LogP contribution in [0.5, 0.6) is 0 Å². The van der Waals surface area contributed by atoms with Crippen LogP contribution < -0.4 is 15.5 Å². The fourth-order valence-electron chi connectivity index (χ4n) is 2.72. The Hall–Kier alpha value is -2.60. The van der Waals surface area contributed by atoms with Gasteiger partial charge in [0.05, 0.1) is 6.61 Å². The second-order valence-corrected chi connectivity index (χ2v) is 5.97. The van der Waals surface area contributed by atoms with Gasteiger partial charge in [-0.2, -0.15) is 0 Å². The van der Waals surface area contributed by atoms with Crippen molar-refractivity contribution in [1.82, 2.24) is 4.98 Å². The first kappa shape index (κ1) is 19.7. The molecule has 6 heteroatoms. The molecule has 1 heterocycles. The van der Waals surface area contributed by atoms with Crippen molar-refractivity contribution >= 4 is 23.0 Å². The number of rotatable bonds is 9. The molecule has 0 saturated heterocycles. The smallest absolute Gasteiger partial charge is 0.274 e. The van der Waals surface area contributed by atoms with Crippen LogP contribution in [0.3, 0.4) is 0 Å². The SMILES string of the molecule is CCN(CC)c1ccc(NC(=O)c2cc(NCCOC)ccn2)c(C)c1. The molecular weight excluding hydrogens is 328 g/mol. The van der Waals surface area contributed by atoms with E-state index >= 15 is 0 Å². The Labute approximate surface area is 155 Å². The number of amides is 1. The third kappa shape index (κ3) is 5.20. The molecule has 0 aliphatic carbocycles. The molecule has 1 amide bonds. The second-order valence-electron chi connectivity index (χ2n) is 5.97. The molecule has 0 unspecified atom stereocenters. The van der Waals surface area contributed by atoms with E-state index in [1.807, 2.05) is 25.1 Å². The number of hydrogen-bond donors (Lipinski definition) is 2. The van der Waals surface area contributed by atoms with E-state index in [0.29, 0.717) is 18.8 Å². The van der Waals surface area contributed by atoms with Crippen molar-refractivity contribution in [3.8, 4) is 0 Å². The third-order valence-electron chi connectivity index (χ3n) is 4.21. The van der Waals surface area contributed by atoms with Crippen molar-refractivity contribution in [1.29, 1.82) is 0 Å². The lowest BCUT2D eigenvalue weighted by Crippen LogP contribution is -2.22. The standard InChI is InChI=1S/C20H28N4O2/c1-5-24(6-2)17-7-8-18(15(3)13-17)23-20(25)19-14-16(9-10-22-19)21-11-12-26-4/h7-10,13-14H,5-6,11-12H2,1-4H3,(H,21,22)(H,23,25). The summed E-state index contributed by atoms with van der Waals surface area (Å²) < 4.78 is 5.02. The first-order valence-corrected chi connectivity index (χ1v) is 8.94. The summed E-state index contributed by atoms with van der Waals surface area (Å²) in [6.07, 6.45) is 1.63. The van der Waals surface area contributed by atoms with Gasteiger partial charge in [0.1, 0.15) is 5.69 Å². The minimum Gasteiger partial charge on any atom is -0.383 e. The Balaban J connectivity index is 2.08. The Morgan fingerprint density at radius 2 is 1.96 bits per heavy atom. The molecule has 6 nitrogen and oxygen atoms in total. The monoisotopic (exact) mass is 356 g/mol. The lowest BCUT2D eigenvalue weighted by molar-refractivity contribution is 0.102. The molecule has 140 valence electrons. The van der Waals surface area contributed by atoms with Gasteiger partial charge in [0, 0.05) is 50.0 Å². The Bertz CT molecular complexity index is 730. The number of anilines is 3. The van der Waals surface area contributed by atoms with Gasteiger partial charge in [-0.05, 0) is 56.7 Å². The maximum absolute atomic E-state index is 12.5. The van der Waals surface area contributed by atoms with Crippen LogP contribution in [0, 0.1) is 6.92 Å². The summed E-state index contributed by atoms with van der Waals surface area (Å²) in [5.74, 6) is -0.223. The molecular formula is C20H28N4O2. The summed E-state index contributed by atoms with van der Waals surface area (Å²) in [4.78, 5) is 19.0. The Kier molecular flexibility index (Phi) is 7.41. The van der Waals surface area contributed by atoms with E-state index in [-0.39, 0.29) is 5.91 Å². The van der Waals surface area contributed by atoms with Crippen LogP contribution in [-0.2, 0) is 4.74 Å². The highest BCUT2D eigenvalue weighted by molar-refractivity contribution is 6.03. The average Bonchev–Trinajstić information content (AvgIpc) is 2.65. The number of methoxy groups -OCH3 is 1. The largest absolute Gasteiger partial charge is 0.383 e. The molecule has 0 aliphatic heterocycles. The average molecular weight is 356 g/mol. The second kappa shape index (κ2) is 9.77. The molecule has 0 saturated carbocycles. The number of aromatic nitrogens is 1. The van der Waals surface area contributed by atoms with Gasteiger partial charge in [0.25, 0.3) is 5.91 Å². The van der Waals surface area contributed by atoms with Gasteiger partial charge in [-0.3, -0.25) is 9.78 Å². The van der Waals surface area contributed by atoms with Crippen LogP contribution >= 0.6 is 0 Å². The fourth-order valence-corrected chi connectivity index (χ4v) is 2.72. The summed E-state index contributed by atoms with van der Waals surface area (Å²) in [7, 11) is 1.65. The summed E-state index contributed by atoms with van der Waals surface area (Å²) in [5, 5.41) is 6.15. The van der Waals surface area contributed by atoms with E-state index < -0.39 is 0 Å². The van der Waals surface area contributed by atoms with Gasteiger partial charge in [-0.25, -0.2) is 0 Å². The minimum absolute atomic E-state index is 0.223. The normalized spacial score (nSPS) is 10.5. The van der Waals surface area contributed by atoms with Crippen molar-refractivity contribution < 1.29 is 9.53 Å². The van der Waals surface area contributed by atoms with Crippen molar-refractivity contribution in [2.24, 2.45) is 0 Å². The molecule has 1 aromatic heterocycles. The van der Waals surface area contributed by atoms with Crippen LogP contribution in [0.4, 0.5) is 17.1 Å². The van der Waals surface area contributed by atoms with Gasteiger partial charge in [-0.15, -0.1) is 0 Å². The van der Waals surface area contributed by atoms with Gasteiger partial charge < -0.3 is 20.3 Å². The Morgan fingerprint density at radius 3 is 2.62 bits per heavy atom. The first-order valence-electron chi connectivity index (χ1n) is 8.94. The summed E-state index contributed by atoms with van der Waals surface area (Å²) in [6.45, 7) is 9.44. The predicted octanol–water partition coefficient (Wildman–Crippen LogP) is 3.55. The number of benzene rings is 1. The molecule has 0 spiro atoms. The van der Waals surface area contributed by atoms with Crippen LogP contribution in [-0.4, -0.2) is 44.2 Å². The van der Waals surface area contributed by atoms with Crippen LogP contribution in [0.15, 0.2) is 36.5 Å². The molecule has 1 aromatic carbocycles. The summed E-state index contributed by atoms with van der Waals surface area (Å²) in [5.41, 5.74) is 4.20. The lowest BCUT2D eigenvalue weighted by atomic mass is 10.1. The molecule has 26 heavy (non-hydrogen) atoms. The van der Waals surface area contributed by atoms with Crippen LogP contribution in [0.2, 0.25) is 0 Å². The zero-order valence-corrected chi connectivity index (χ0v) is 16.0. The molecule has 0 fully saturated rings.